The molecule has 2 atom stereocenters. The van der Waals surface area contributed by atoms with E-state index < -0.39 is 17.7 Å². The minimum absolute atomic E-state index is 0.0147. The number of ether oxygens (including phenoxy) is 1. The van der Waals surface area contributed by atoms with Gasteiger partial charge in [0.2, 0.25) is 0 Å². The highest BCUT2D eigenvalue weighted by atomic mass is 16.6. The van der Waals surface area contributed by atoms with Gasteiger partial charge in [-0.25, -0.2) is 4.79 Å². The molecular weight excluding hydrogens is 268 g/mol. The van der Waals surface area contributed by atoms with Gasteiger partial charge in [0.1, 0.15) is 5.57 Å². The van der Waals surface area contributed by atoms with E-state index in [4.69, 9.17) is 4.74 Å². The predicted octanol–water partition coefficient (Wildman–Crippen LogP) is 2.72. The van der Waals surface area contributed by atoms with Crippen LogP contribution in [-0.4, -0.2) is 27.9 Å². The van der Waals surface area contributed by atoms with Gasteiger partial charge in [-0.1, -0.05) is 17.7 Å². The molecule has 1 saturated carbocycles. The summed E-state index contributed by atoms with van der Waals surface area (Å²) in [7, 11) is 0. The summed E-state index contributed by atoms with van der Waals surface area (Å²) in [4.78, 5) is 12.3. The van der Waals surface area contributed by atoms with Crippen molar-refractivity contribution in [3.8, 4) is 0 Å². The molecule has 1 fully saturated rings. The number of esters is 1. The lowest BCUT2D eigenvalue weighted by atomic mass is 9.90. The zero-order valence-corrected chi connectivity index (χ0v) is 12.6. The summed E-state index contributed by atoms with van der Waals surface area (Å²) in [5.74, 6) is -0.504. The summed E-state index contributed by atoms with van der Waals surface area (Å²) in [5, 5.41) is 20.4. The van der Waals surface area contributed by atoms with Crippen LogP contribution in [0.2, 0.25) is 0 Å². The lowest BCUT2D eigenvalue weighted by molar-refractivity contribution is -0.146. The summed E-state index contributed by atoms with van der Waals surface area (Å²) in [5.41, 5.74) is 3.00. The van der Waals surface area contributed by atoms with Gasteiger partial charge in [-0.3, -0.25) is 0 Å². The van der Waals surface area contributed by atoms with E-state index in [0.717, 1.165) is 22.3 Å². The Morgan fingerprint density at radius 1 is 1.24 bits per heavy atom. The number of carbonyl (C=O) groups is 1. The Balaban J connectivity index is 2.16. The van der Waals surface area contributed by atoms with Crippen molar-refractivity contribution in [2.45, 2.75) is 51.7 Å². The van der Waals surface area contributed by atoms with Gasteiger partial charge in [-0.05, 0) is 50.3 Å². The van der Waals surface area contributed by atoms with E-state index in [1.165, 1.54) is 0 Å². The molecule has 4 nitrogen and oxygen atoms in total. The van der Waals surface area contributed by atoms with Crippen LogP contribution in [0.3, 0.4) is 0 Å². The summed E-state index contributed by atoms with van der Waals surface area (Å²) in [6.07, 6.45) is 0.757. The number of aryl methyl sites for hydroxylation is 3. The summed E-state index contributed by atoms with van der Waals surface area (Å²) < 4.78 is 5.48. The normalized spacial score (nSPS) is 28.6. The number of aliphatic hydroxyl groups is 2. The molecule has 21 heavy (non-hydrogen) atoms. The van der Waals surface area contributed by atoms with Crippen molar-refractivity contribution in [2.24, 2.45) is 0 Å². The first-order valence-corrected chi connectivity index (χ1v) is 7.27. The van der Waals surface area contributed by atoms with E-state index in [0.29, 0.717) is 12.8 Å². The average molecular weight is 288 g/mol. The molecule has 2 unspecified atom stereocenters. The number of hydrogen-bond donors (Lipinski definition) is 2. The molecule has 0 saturated heterocycles. The van der Waals surface area contributed by atoms with Crippen LogP contribution in [0.25, 0.3) is 5.57 Å². The topological polar surface area (TPSA) is 66.8 Å². The van der Waals surface area contributed by atoms with E-state index in [9.17, 15) is 15.0 Å². The van der Waals surface area contributed by atoms with Gasteiger partial charge in [0.25, 0.3) is 0 Å². The minimum Gasteiger partial charge on any atom is -0.507 e. The second-order valence-corrected chi connectivity index (χ2v) is 6.28. The van der Waals surface area contributed by atoms with Gasteiger partial charge >= 0.3 is 5.97 Å². The fourth-order valence-corrected chi connectivity index (χ4v) is 3.69. The van der Waals surface area contributed by atoms with Gasteiger partial charge < -0.3 is 14.9 Å². The van der Waals surface area contributed by atoms with Crippen molar-refractivity contribution in [1.82, 2.24) is 0 Å². The molecular formula is C17H20O4. The summed E-state index contributed by atoms with van der Waals surface area (Å²) >= 11 is 0. The van der Waals surface area contributed by atoms with Crippen LogP contribution in [0, 0.1) is 20.8 Å². The number of rotatable bonds is 1. The van der Waals surface area contributed by atoms with Crippen molar-refractivity contribution in [1.29, 1.82) is 0 Å². The van der Waals surface area contributed by atoms with Crippen molar-refractivity contribution in [3.63, 3.8) is 0 Å². The van der Waals surface area contributed by atoms with Gasteiger partial charge in [0, 0.05) is 6.42 Å². The molecule has 1 aliphatic heterocycles. The molecule has 0 radical (unpaired) electrons. The van der Waals surface area contributed by atoms with E-state index in [-0.39, 0.29) is 17.8 Å². The molecule has 1 aromatic carbocycles. The second-order valence-electron chi connectivity index (χ2n) is 6.28. The largest absolute Gasteiger partial charge is 0.507 e. The van der Waals surface area contributed by atoms with E-state index in [1.807, 2.05) is 32.9 Å². The monoisotopic (exact) mass is 288 g/mol. The van der Waals surface area contributed by atoms with Crippen LogP contribution in [0.5, 0.6) is 0 Å². The molecule has 1 heterocycles. The molecule has 1 aliphatic carbocycles. The molecule has 0 aromatic heterocycles. The SMILES string of the molecule is Cc1cc(C)c(C2=C(O)C3(CCC(O)C3)OC2=O)c(C)c1. The summed E-state index contributed by atoms with van der Waals surface area (Å²) in [6, 6.07) is 3.98. The molecule has 0 amide bonds. The lowest BCUT2D eigenvalue weighted by Gasteiger charge is -2.21. The number of benzene rings is 1. The number of carbonyl (C=O) groups excluding carboxylic acids is 1. The van der Waals surface area contributed by atoms with Crippen LogP contribution >= 0.6 is 0 Å². The Bertz CT molecular complexity index is 636. The number of aliphatic hydroxyl groups excluding tert-OH is 2. The summed E-state index contributed by atoms with van der Waals surface area (Å²) in [6.45, 7) is 5.86. The molecule has 3 rings (SSSR count). The van der Waals surface area contributed by atoms with Crippen LogP contribution in [0.1, 0.15) is 41.5 Å². The zero-order chi connectivity index (χ0) is 15.4. The highest BCUT2D eigenvalue weighted by Crippen LogP contribution is 2.47. The maximum absolute atomic E-state index is 12.3. The zero-order valence-electron chi connectivity index (χ0n) is 12.6. The van der Waals surface area contributed by atoms with Crippen LogP contribution in [0.4, 0.5) is 0 Å². The Morgan fingerprint density at radius 2 is 1.86 bits per heavy atom. The first-order valence-electron chi connectivity index (χ1n) is 7.27. The maximum Gasteiger partial charge on any atom is 0.343 e. The Labute approximate surface area is 124 Å². The van der Waals surface area contributed by atoms with Crippen molar-refractivity contribution < 1.29 is 19.7 Å². The van der Waals surface area contributed by atoms with Gasteiger partial charge in [-0.2, -0.15) is 0 Å². The van der Waals surface area contributed by atoms with Crippen molar-refractivity contribution in [3.05, 3.63) is 40.1 Å². The fourth-order valence-electron chi connectivity index (χ4n) is 3.69. The first-order chi connectivity index (χ1) is 9.84. The Morgan fingerprint density at radius 3 is 2.38 bits per heavy atom. The van der Waals surface area contributed by atoms with Crippen LogP contribution < -0.4 is 0 Å². The van der Waals surface area contributed by atoms with Gasteiger partial charge in [0.15, 0.2) is 11.4 Å². The van der Waals surface area contributed by atoms with Gasteiger partial charge in [0.05, 0.1) is 6.10 Å². The van der Waals surface area contributed by atoms with E-state index in [1.54, 1.807) is 0 Å². The highest BCUT2D eigenvalue weighted by Gasteiger charge is 2.53. The fraction of sp³-hybridized carbons (Fsp3) is 0.471. The smallest absolute Gasteiger partial charge is 0.343 e. The van der Waals surface area contributed by atoms with Crippen molar-refractivity contribution in [2.75, 3.05) is 0 Å². The van der Waals surface area contributed by atoms with Crippen LogP contribution in [0.15, 0.2) is 17.9 Å². The third kappa shape index (κ3) is 2.05. The third-order valence-electron chi connectivity index (χ3n) is 4.53. The quantitative estimate of drug-likeness (QED) is 0.780. The highest BCUT2D eigenvalue weighted by molar-refractivity contribution is 6.20. The molecule has 2 aliphatic rings. The van der Waals surface area contributed by atoms with E-state index in [2.05, 4.69) is 0 Å². The molecule has 1 spiro atoms. The molecule has 112 valence electrons. The molecule has 0 bridgehead atoms. The maximum atomic E-state index is 12.3. The number of hydrogen-bond acceptors (Lipinski definition) is 4. The Kier molecular flexibility index (Phi) is 3.10. The Hall–Kier alpha value is -1.81. The lowest BCUT2D eigenvalue weighted by Crippen LogP contribution is -2.29. The third-order valence-corrected chi connectivity index (χ3v) is 4.53. The second kappa shape index (κ2) is 4.60. The van der Waals surface area contributed by atoms with Crippen molar-refractivity contribution >= 4 is 11.5 Å². The molecule has 2 N–H and O–H groups in total. The average Bonchev–Trinajstić information content (AvgIpc) is 2.84. The molecule has 1 aromatic rings. The first kappa shape index (κ1) is 14.1. The minimum atomic E-state index is -1.02. The van der Waals surface area contributed by atoms with E-state index >= 15 is 0 Å². The van der Waals surface area contributed by atoms with Gasteiger partial charge in [-0.15, -0.1) is 0 Å². The van der Waals surface area contributed by atoms with Crippen LogP contribution in [-0.2, 0) is 9.53 Å². The molecule has 4 heteroatoms. The standard InChI is InChI=1S/C17H20O4/c1-9-6-10(2)13(11(3)7-9)14-15(19)17(21-16(14)20)5-4-12(18)8-17/h6-7,12,18-19H,4-5,8H2,1-3H3. The predicted molar refractivity (Wildman–Crippen MR) is 78.9 cm³/mol.